The minimum absolute atomic E-state index is 0.0644. The van der Waals surface area contributed by atoms with Crippen molar-refractivity contribution < 1.29 is 19.1 Å². The molecule has 0 radical (unpaired) electrons. The van der Waals surface area contributed by atoms with Gasteiger partial charge in [-0.25, -0.2) is 4.98 Å². The lowest BCUT2D eigenvalue weighted by molar-refractivity contribution is -0.119. The number of anilines is 1. The van der Waals surface area contributed by atoms with Gasteiger partial charge in [-0.05, 0) is 55.3 Å². The first-order valence-corrected chi connectivity index (χ1v) is 13.2. The van der Waals surface area contributed by atoms with Gasteiger partial charge in [0.1, 0.15) is 11.6 Å². The smallest absolute Gasteiger partial charge is 0.254 e. The highest BCUT2D eigenvalue weighted by molar-refractivity contribution is 6.04. The number of fused-ring (bicyclic) bond motifs is 1. The molecular formula is C30H34N4O4. The lowest BCUT2D eigenvalue weighted by atomic mass is 9.79. The zero-order valence-electron chi connectivity index (χ0n) is 21.9. The van der Waals surface area contributed by atoms with Crippen LogP contribution in [0.4, 0.5) is 5.82 Å². The van der Waals surface area contributed by atoms with E-state index in [1.807, 2.05) is 79.4 Å². The van der Waals surface area contributed by atoms with Crippen LogP contribution in [0.3, 0.4) is 0 Å². The summed E-state index contributed by atoms with van der Waals surface area (Å²) in [4.78, 5) is 36.6. The number of nitrogens with zero attached hydrogens (tertiary/aromatic N) is 3. The maximum Gasteiger partial charge on any atom is 0.254 e. The van der Waals surface area contributed by atoms with Crippen molar-refractivity contribution >= 4 is 17.6 Å². The van der Waals surface area contributed by atoms with Crippen molar-refractivity contribution in [2.75, 3.05) is 51.3 Å². The van der Waals surface area contributed by atoms with Crippen molar-refractivity contribution in [3.8, 4) is 5.75 Å². The summed E-state index contributed by atoms with van der Waals surface area (Å²) in [6, 6.07) is 20.2. The third-order valence-electron chi connectivity index (χ3n) is 7.15. The quantitative estimate of drug-likeness (QED) is 0.489. The molecule has 1 saturated heterocycles. The summed E-state index contributed by atoms with van der Waals surface area (Å²) in [5.74, 6) is 0.371. The molecule has 2 aliphatic rings. The van der Waals surface area contributed by atoms with Gasteiger partial charge in [0.15, 0.2) is 0 Å². The minimum atomic E-state index is -0.617. The lowest BCUT2D eigenvalue weighted by Crippen LogP contribution is -2.49. The molecule has 198 valence electrons. The van der Waals surface area contributed by atoms with Gasteiger partial charge in [-0.15, -0.1) is 0 Å². The molecule has 2 amide bonds. The first kappa shape index (κ1) is 25.9. The van der Waals surface area contributed by atoms with Crippen LogP contribution in [0.15, 0.2) is 66.7 Å². The predicted molar refractivity (Wildman–Crippen MR) is 145 cm³/mol. The molecule has 0 aliphatic carbocycles. The number of hydrogen-bond acceptors (Lipinski definition) is 6. The van der Waals surface area contributed by atoms with Crippen LogP contribution in [0.1, 0.15) is 46.1 Å². The summed E-state index contributed by atoms with van der Waals surface area (Å²) in [5.41, 5.74) is 2.99. The second-order valence-corrected chi connectivity index (χ2v) is 9.62. The van der Waals surface area contributed by atoms with Crippen LogP contribution in [0, 0.1) is 6.92 Å². The van der Waals surface area contributed by atoms with Crippen LogP contribution in [-0.2, 0) is 9.53 Å². The molecule has 8 nitrogen and oxygen atoms in total. The number of benzene rings is 2. The van der Waals surface area contributed by atoms with Gasteiger partial charge >= 0.3 is 0 Å². The van der Waals surface area contributed by atoms with Crippen LogP contribution in [-0.4, -0.2) is 72.6 Å². The summed E-state index contributed by atoms with van der Waals surface area (Å²) in [5, 5.41) is 3.03. The molecule has 0 saturated carbocycles. The van der Waals surface area contributed by atoms with Crippen molar-refractivity contribution in [1.82, 2.24) is 14.8 Å². The van der Waals surface area contributed by atoms with E-state index in [0.29, 0.717) is 44.3 Å². The van der Waals surface area contributed by atoms with Crippen LogP contribution in [0.2, 0.25) is 0 Å². The van der Waals surface area contributed by atoms with Crippen molar-refractivity contribution in [2.45, 2.75) is 25.8 Å². The van der Waals surface area contributed by atoms with Crippen LogP contribution >= 0.6 is 0 Å². The summed E-state index contributed by atoms with van der Waals surface area (Å²) in [6.45, 7) is 8.63. The first-order chi connectivity index (χ1) is 18.5. The first-order valence-electron chi connectivity index (χ1n) is 13.2. The number of carbonyl (C=O) groups is 2. The van der Waals surface area contributed by atoms with Crippen LogP contribution in [0.5, 0.6) is 5.75 Å². The Morgan fingerprint density at radius 3 is 2.53 bits per heavy atom. The Morgan fingerprint density at radius 2 is 1.79 bits per heavy atom. The van der Waals surface area contributed by atoms with E-state index in [0.717, 1.165) is 35.7 Å². The third-order valence-corrected chi connectivity index (χ3v) is 7.15. The molecule has 2 aromatic carbocycles. The molecule has 5 rings (SSSR count). The van der Waals surface area contributed by atoms with E-state index in [9.17, 15) is 9.59 Å². The highest BCUT2D eigenvalue weighted by Crippen LogP contribution is 2.43. The number of rotatable bonds is 8. The highest BCUT2D eigenvalue weighted by Gasteiger charge is 2.44. The Balaban J connectivity index is 1.55. The standard InChI is InChI=1S/C30H34N4O4/c1-3-38-23-13-11-22(12-14-23)28-27(29(35)32-26-10-6-7-21(2)31-26)24-8-4-5-9-25(24)30(36)34(28)16-15-33-17-19-37-20-18-33/h4-14,27-28H,3,15-20H2,1-2H3,(H,31,32,35). The molecule has 1 aromatic heterocycles. The average molecular weight is 515 g/mol. The van der Waals surface area contributed by atoms with Crippen molar-refractivity contribution in [3.63, 3.8) is 0 Å². The van der Waals surface area contributed by atoms with E-state index in [1.165, 1.54) is 0 Å². The van der Waals surface area contributed by atoms with Gasteiger partial charge in [-0.2, -0.15) is 0 Å². The number of hydrogen-bond donors (Lipinski definition) is 1. The van der Waals surface area contributed by atoms with E-state index in [2.05, 4.69) is 15.2 Å². The molecule has 2 aliphatic heterocycles. The van der Waals surface area contributed by atoms with Gasteiger partial charge < -0.3 is 19.7 Å². The molecule has 0 spiro atoms. The Bertz CT molecular complexity index is 1270. The fraction of sp³-hybridized carbons (Fsp3) is 0.367. The number of aryl methyl sites for hydroxylation is 1. The zero-order valence-corrected chi connectivity index (χ0v) is 21.9. The number of morpholine rings is 1. The summed E-state index contributed by atoms with van der Waals surface area (Å²) in [6.07, 6.45) is 0. The topological polar surface area (TPSA) is 84.0 Å². The minimum Gasteiger partial charge on any atom is -0.494 e. The monoisotopic (exact) mass is 514 g/mol. The van der Waals surface area contributed by atoms with Crippen LogP contribution < -0.4 is 10.1 Å². The molecule has 1 N–H and O–H groups in total. The van der Waals surface area contributed by atoms with Crippen molar-refractivity contribution in [1.29, 1.82) is 0 Å². The van der Waals surface area contributed by atoms with Gasteiger partial charge in [0.25, 0.3) is 5.91 Å². The molecule has 1 fully saturated rings. The molecule has 38 heavy (non-hydrogen) atoms. The molecule has 8 heteroatoms. The Morgan fingerprint density at radius 1 is 1.03 bits per heavy atom. The van der Waals surface area contributed by atoms with Gasteiger partial charge in [0, 0.05) is 37.4 Å². The van der Waals surface area contributed by atoms with Gasteiger partial charge in [-0.1, -0.05) is 36.4 Å². The molecule has 2 atom stereocenters. The second-order valence-electron chi connectivity index (χ2n) is 9.62. The maximum absolute atomic E-state index is 14.0. The molecule has 3 heterocycles. The largest absolute Gasteiger partial charge is 0.494 e. The number of ether oxygens (including phenoxy) is 2. The third kappa shape index (κ3) is 5.56. The Hall–Kier alpha value is -3.75. The Labute approximate surface area is 223 Å². The van der Waals surface area contributed by atoms with Crippen LogP contribution in [0.25, 0.3) is 0 Å². The molecule has 0 bridgehead atoms. The highest BCUT2D eigenvalue weighted by atomic mass is 16.5. The number of nitrogens with one attached hydrogen (secondary N) is 1. The van der Waals surface area contributed by atoms with Crippen molar-refractivity contribution in [3.05, 3.63) is 89.1 Å². The maximum atomic E-state index is 14.0. The van der Waals surface area contributed by atoms with E-state index < -0.39 is 12.0 Å². The molecular weight excluding hydrogens is 480 g/mol. The number of amides is 2. The second kappa shape index (κ2) is 11.8. The lowest BCUT2D eigenvalue weighted by Gasteiger charge is -2.42. The van der Waals surface area contributed by atoms with Gasteiger partial charge in [0.2, 0.25) is 5.91 Å². The fourth-order valence-corrected chi connectivity index (χ4v) is 5.31. The van der Waals surface area contributed by atoms with Crippen molar-refractivity contribution in [2.24, 2.45) is 0 Å². The van der Waals surface area contributed by atoms with Gasteiger partial charge in [0.05, 0.1) is 31.8 Å². The molecule has 2 unspecified atom stereocenters. The number of aromatic nitrogens is 1. The predicted octanol–water partition coefficient (Wildman–Crippen LogP) is 4.04. The summed E-state index contributed by atoms with van der Waals surface area (Å²) >= 11 is 0. The summed E-state index contributed by atoms with van der Waals surface area (Å²) in [7, 11) is 0. The van der Waals surface area contributed by atoms with E-state index in [4.69, 9.17) is 9.47 Å². The van der Waals surface area contributed by atoms with E-state index in [1.54, 1.807) is 6.07 Å². The average Bonchev–Trinajstić information content (AvgIpc) is 2.93. The molecule has 3 aromatic rings. The van der Waals surface area contributed by atoms with E-state index in [-0.39, 0.29) is 11.8 Å². The SMILES string of the molecule is CCOc1ccc(C2C(C(=O)Nc3cccc(C)n3)c3ccccc3C(=O)N2CCN2CCOCC2)cc1. The van der Waals surface area contributed by atoms with Gasteiger partial charge in [-0.3, -0.25) is 14.5 Å². The normalized spacial score (nSPS) is 19.6. The Kier molecular flexibility index (Phi) is 8.00. The number of carbonyl (C=O) groups excluding carboxylic acids is 2. The van der Waals surface area contributed by atoms with E-state index >= 15 is 0 Å². The fourth-order valence-electron chi connectivity index (χ4n) is 5.31. The zero-order chi connectivity index (χ0) is 26.5. The number of pyridine rings is 1. The summed E-state index contributed by atoms with van der Waals surface area (Å²) < 4.78 is 11.2.